The number of amides is 1. The molecule has 1 aromatic carbocycles. The minimum atomic E-state index is -5.06. The molecule has 2 N–H and O–H groups in total. The highest BCUT2D eigenvalue weighted by Gasteiger charge is 2.39. The van der Waals surface area contributed by atoms with Crippen molar-refractivity contribution in [3.05, 3.63) is 40.5 Å². The van der Waals surface area contributed by atoms with E-state index in [9.17, 15) is 36.2 Å². The van der Waals surface area contributed by atoms with E-state index in [2.05, 4.69) is 15.5 Å². The zero-order chi connectivity index (χ0) is 23.8. The van der Waals surface area contributed by atoms with E-state index < -0.39 is 35.1 Å². The van der Waals surface area contributed by atoms with Crippen LogP contribution in [0, 0.1) is 0 Å². The number of fused-ring (bicyclic) bond motifs is 1. The molecule has 0 aliphatic carbocycles. The van der Waals surface area contributed by atoms with Crippen molar-refractivity contribution in [1.29, 1.82) is 0 Å². The van der Waals surface area contributed by atoms with Gasteiger partial charge in [-0.3, -0.25) is 4.79 Å². The molecule has 1 amide bonds. The summed E-state index contributed by atoms with van der Waals surface area (Å²) in [6.07, 6.45) is -10.6. The summed E-state index contributed by atoms with van der Waals surface area (Å²) in [5.74, 6) is -0.0583. The van der Waals surface area contributed by atoms with Crippen molar-refractivity contribution in [1.82, 2.24) is 15.1 Å². The Balaban J connectivity index is 2.19. The molecule has 12 heteroatoms. The first-order chi connectivity index (χ1) is 14.8. The fourth-order valence-electron chi connectivity index (χ4n) is 3.50. The molecular weight excluding hydrogens is 442 g/mol. The zero-order valence-corrected chi connectivity index (χ0v) is 17.1. The van der Waals surface area contributed by atoms with Crippen molar-refractivity contribution in [2.45, 2.75) is 45.3 Å². The molecular formula is C20H20F6N4O2. The average Bonchev–Trinajstić information content (AvgIpc) is 2.69. The Morgan fingerprint density at radius 3 is 2.41 bits per heavy atom. The number of carbonyl (C=O) groups excluding carboxylic acids is 1. The zero-order valence-electron chi connectivity index (χ0n) is 17.1. The van der Waals surface area contributed by atoms with E-state index in [4.69, 9.17) is 0 Å². The highest BCUT2D eigenvalue weighted by Crippen LogP contribution is 2.42. The van der Waals surface area contributed by atoms with Crippen LogP contribution in [-0.4, -0.2) is 45.3 Å². The minimum absolute atomic E-state index is 0.0390. The molecule has 2 aromatic rings. The normalized spacial score (nSPS) is 15.3. The number of halogens is 6. The SMILES string of the molecule is CC(=O)N1CCc2c(-c3ccc(C(F)(F)F)cc3C(F)(F)F)nnc(NC[C@@H](C)O)c2C1. The number of carbonyl (C=O) groups is 1. The van der Waals surface area contributed by atoms with Crippen LogP contribution in [0.4, 0.5) is 32.2 Å². The second kappa shape index (κ2) is 8.57. The van der Waals surface area contributed by atoms with E-state index in [1.54, 1.807) is 0 Å². The fourth-order valence-corrected chi connectivity index (χ4v) is 3.50. The van der Waals surface area contributed by atoms with E-state index in [1.165, 1.54) is 18.7 Å². The molecule has 1 atom stereocenters. The van der Waals surface area contributed by atoms with Crippen LogP contribution in [0.5, 0.6) is 0 Å². The number of aliphatic hydroxyl groups is 1. The Kier molecular flexibility index (Phi) is 6.36. The molecule has 0 saturated heterocycles. The third kappa shape index (κ3) is 4.95. The van der Waals surface area contributed by atoms with Gasteiger partial charge in [-0.15, -0.1) is 10.2 Å². The molecule has 174 valence electrons. The van der Waals surface area contributed by atoms with Gasteiger partial charge in [-0.1, -0.05) is 6.07 Å². The Labute approximate surface area is 179 Å². The number of nitrogens with zero attached hydrogens (tertiary/aromatic N) is 3. The van der Waals surface area contributed by atoms with Crippen molar-refractivity contribution in [3.8, 4) is 11.3 Å². The maximum atomic E-state index is 13.7. The van der Waals surface area contributed by atoms with Gasteiger partial charge in [0.15, 0.2) is 5.82 Å². The number of alkyl halides is 6. The van der Waals surface area contributed by atoms with E-state index in [1.807, 2.05) is 0 Å². The fraction of sp³-hybridized carbons (Fsp3) is 0.450. The summed E-state index contributed by atoms with van der Waals surface area (Å²) in [5, 5.41) is 20.2. The lowest BCUT2D eigenvalue weighted by Crippen LogP contribution is -2.35. The molecule has 32 heavy (non-hydrogen) atoms. The molecule has 1 aromatic heterocycles. The Morgan fingerprint density at radius 2 is 1.84 bits per heavy atom. The van der Waals surface area contributed by atoms with Gasteiger partial charge in [-0.2, -0.15) is 26.3 Å². The highest BCUT2D eigenvalue weighted by atomic mass is 19.4. The van der Waals surface area contributed by atoms with Crippen LogP contribution in [0.3, 0.4) is 0 Å². The number of hydrogen-bond acceptors (Lipinski definition) is 5. The summed E-state index contributed by atoms with van der Waals surface area (Å²) in [5.41, 5.74) is -2.84. The van der Waals surface area contributed by atoms with Crippen molar-refractivity contribution >= 4 is 11.7 Å². The van der Waals surface area contributed by atoms with Crippen molar-refractivity contribution in [3.63, 3.8) is 0 Å². The average molecular weight is 462 g/mol. The Bertz CT molecular complexity index is 1020. The van der Waals surface area contributed by atoms with Crippen molar-refractivity contribution in [2.24, 2.45) is 0 Å². The molecule has 6 nitrogen and oxygen atoms in total. The van der Waals surface area contributed by atoms with E-state index in [-0.39, 0.29) is 49.5 Å². The standard InChI is InChI=1S/C20H20F6N4O2/c1-10(31)8-27-18-15-9-30(11(2)32)6-5-13(15)17(28-29-18)14-4-3-12(19(21,22)23)7-16(14)20(24,25)26/h3-4,7,10,31H,5-6,8-9H2,1-2H3,(H,27,29)/t10-/m1/s1. The maximum absolute atomic E-state index is 13.7. The number of anilines is 1. The summed E-state index contributed by atoms with van der Waals surface area (Å²) in [4.78, 5) is 13.3. The van der Waals surface area contributed by atoms with Gasteiger partial charge in [0.25, 0.3) is 0 Å². The van der Waals surface area contributed by atoms with Gasteiger partial charge >= 0.3 is 12.4 Å². The molecule has 0 fully saturated rings. The third-order valence-corrected chi connectivity index (χ3v) is 5.08. The summed E-state index contributed by atoms with van der Waals surface area (Å²) in [6, 6.07) is 1.38. The van der Waals surface area contributed by atoms with Gasteiger partial charge in [0.2, 0.25) is 5.91 Å². The second-order valence-electron chi connectivity index (χ2n) is 7.53. The maximum Gasteiger partial charge on any atom is 0.417 e. The number of aromatic nitrogens is 2. The van der Waals surface area contributed by atoms with Crippen LogP contribution in [0.2, 0.25) is 0 Å². The predicted octanol–water partition coefficient (Wildman–Crippen LogP) is 3.88. The second-order valence-corrected chi connectivity index (χ2v) is 7.53. The summed E-state index contributed by atoms with van der Waals surface area (Å²) in [6.45, 7) is 3.19. The highest BCUT2D eigenvalue weighted by molar-refractivity contribution is 5.76. The first kappa shape index (κ1) is 23.8. The Hall–Kier alpha value is -2.89. The summed E-state index contributed by atoms with van der Waals surface area (Å²) in [7, 11) is 0. The van der Waals surface area contributed by atoms with Crippen LogP contribution in [-0.2, 0) is 30.1 Å². The summed E-state index contributed by atoms with van der Waals surface area (Å²) < 4.78 is 80.1. The summed E-state index contributed by atoms with van der Waals surface area (Å²) >= 11 is 0. The lowest BCUT2D eigenvalue weighted by atomic mass is 9.92. The molecule has 0 saturated carbocycles. The molecule has 0 spiro atoms. The largest absolute Gasteiger partial charge is 0.417 e. The van der Waals surface area contributed by atoms with Crippen molar-refractivity contribution in [2.75, 3.05) is 18.4 Å². The number of benzene rings is 1. The number of nitrogens with one attached hydrogen (secondary N) is 1. The monoisotopic (exact) mass is 462 g/mol. The molecule has 3 rings (SSSR count). The number of rotatable bonds is 4. The first-order valence-corrected chi connectivity index (χ1v) is 9.63. The van der Waals surface area contributed by atoms with Gasteiger partial charge in [-0.25, -0.2) is 0 Å². The van der Waals surface area contributed by atoms with E-state index >= 15 is 0 Å². The van der Waals surface area contributed by atoms with Crippen LogP contribution >= 0.6 is 0 Å². The predicted molar refractivity (Wildman–Crippen MR) is 102 cm³/mol. The molecule has 1 aliphatic heterocycles. The molecule has 0 bridgehead atoms. The van der Waals surface area contributed by atoms with Gasteiger partial charge in [0.05, 0.1) is 22.9 Å². The first-order valence-electron chi connectivity index (χ1n) is 9.63. The van der Waals surface area contributed by atoms with Gasteiger partial charge in [0, 0.05) is 37.7 Å². The number of aliphatic hydroxyl groups excluding tert-OH is 1. The van der Waals surface area contributed by atoms with Crippen LogP contribution in [0.15, 0.2) is 18.2 Å². The molecule has 0 unspecified atom stereocenters. The smallest absolute Gasteiger partial charge is 0.392 e. The van der Waals surface area contributed by atoms with Crippen LogP contribution < -0.4 is 5.32 Å². The quantitative estimate of drug-likeness (QED) is 0.675. The lowest BCUT2D eigenvalue weighted by molar-refractivity contribution is -0.142. The molecule has 2 heterocycles. The van der Waals surface area contributed by atoms with Crippen molar-refractivity contribution < 1.29 is 36.2 Å². The van der Waals surface area contributed by atoms with Crippen LogP contribution in [0.1, 0.15) is 36.1 Å². The van der Waals surface area contributed by atoms with Gasteiger partial charge in [0.1, 0.15) is 0 Å². The Morgan fingerprint density at radius 1 is 1.16 bits per heavy atom. The van der Waals surface area contributed by atoms with Crippen LogP contribution in [0.25, 0.3) is 11.3 Å². The van der Waals surface area contributed by atoms with E-state index in [0.717, 1.165) is 6.07 Å². The van der Waals surface area contributed by atoms with Gasteiger partial charge in [-0.05, 0) is 31.0 Å². The van der Waals surface area contributed by atoms with E-state index in [0.29, 0.717) is 17.2 Å². The topological polar surface area (TPSA) is 78.4 Å². The lowest BCUT2D eigenvalue weighted by Gasteiger charge is -2.30. The van der Waals surface area contributed by atoms with Gasteiger partial charge < -0.3 is 15.3 Å². The number of hydrogen-bond donors (Lipinski definition) is 2. The molecule has 1 aliphatic rings. The molecule has 0 radical (unpaired) electrons. The minimum Gasteiger partial charge on any atom is -0.392 e. The third-order valence-electron chi connectivity index (χ3n) is 5.08.